The van der Waals surface area contributed by atoms with Crippen LogP contribution in [-0.2, 0) is 4.74 Å². The molecule has 2 fully saturated rings. The van der Waals surface area contributed by atoms with Crippen molar-refractivity contribution in [3.8, 4) is 0 Å². The first kappa shape index (κ1) is 20.1. The molecule has 2 heteroatoms. The van der Waals surface area contributed by atoms with E-state index >= 15 is 0 Å². The molecule has 0 N–H and O–H groups in total. The molecular formula is C28H36O2. The summed E-state index contributed by atoms with van der Waals surface area (Å²) in [5.41, 5.74) is 6.77. The Kier molecular flexibility index (Phi) is 4.95. The number of carbonyl (C=O) groups excluding carboxylic acids is 1. The van der Waals surface area contributed by atoms with Crippen LogP contribution in [0.25, 0.3) is 0 Å². The molecule has 0 bridgehead atoms. The summed E-state index contributed by atoms with van der Waals surface area (Å²) in [4.78, 5) is 12.6. The largest absolute Gasteiger partial charge is 0.459 e. The number of allylic oxidation sites excluding steroid dienone is 4. The van der Waals surface area contributed by atoms with Gasteiger partial charge in [0.05, 0.1) is 5.56 Å². The molecule has 1 aromatic rings. The van der Waals surface area contributed by atoms with E-state index in [1.54, 1.807) is 5.57 Å². The van der Waals surface area contributed by atoms with Crippen molar-refractivity contribution in [3.05, 3.63) is 58.7 Å². The Morgan fingerprint density at radius 3 is 2.57 bits per heavy atom. The lowest BCUT2D eigenvalue weighted by Crippen LogP contribution is -2.45. The van der Waals surface area contributed by atoms with Gasteiger partial charge in [-0.05, 0) is 99.5 Å². The van der Waals surface area contributed by atoms with Crippen molar-refractivity contribution in [2.45, 2.75) is 84.7 Å². The van der Waals surface area contributed by atoms with Crippen molar-refractivity contribution >= 4 is 5.97 Å². The minimum Gasteiger partial charge on any atom is -0.459 e. The SMILES string of the molecule is C/C=C1/CC[C@H]2C3=C(CC[C@]12C)[C@@]1(C)CC[C@@H](OC(=O)c2ccccc2)C[C@H]1CC3. The van der Waals surface area contributed by atoms with Gasteiger partial charge in [-0.2, -0.15) is 0 Å². The molecular weight excluding hydrogens is 368 g/mol. The standard InChI is InChI=1S/C28H36O2/c1-4-20-11-13-24-23-12-10-21-18-22(30-26(29)19-8-6-5-7-9-19)14-16-28(21,3)25(23)15-17-27(20,24)2/h4-9,21-22,24H,10-18H2,1-3H3/b20-4-/t21-,22-,24+,27-,28+/m1/s1. The lowest BCUT2D eigenvalue weighted by molar-refractivity contribution is -0.0136. The first-order valence-electron chi connectivity index (χ1n) is 12.1. The van der Waals surface area contributed by atoms with E-state index in [2.05, 4.69) is 26.8 Å². The second-order valence-electron chi connectivity index (χ2n) is 10.6. The summed E-state index contributed by atoms with van der Waals surface area (Å²) in [5.74, 6) is 1.28. The molecule has 2 nitrogen and oxygen atoms in total. The van der Waals surface area contributed by atoms with Crippen molar-refractivity contribution in [1.82, 2.24) is 0 Å². The van der Waals surface area contributed by atoms with Crippen molar-refractivity contribution in [3.63, 3.8) is 0 Å². The van der Waals surface area contributed by atoms with Gasteiger partial charge in [-0.3, -0.25) is 0 Å². The molecule has 160 valence electrons. The van der Waals surface area contributed by atoms with E-state index < -0.39 is 0 Å². The second kappa shape index (κ2) is 7.39. The van der Waals surface area contributed by atoms with E-state index in [-0.39, 0.29) is 12.1 Å². The average Bonchev–Trinajstić information content (AvgIpc) is 3.11. The molecule has 4 aliphatic rings. The Hall–Kier alpha value is -1.83. The molecule has 0 amide bonds. The van der Waals surface area contributed by atoms with Gasteiger partial charge in [0.2, 0.25) is 0 Å². The van der Waals surface area contributed by atoms with Crippen LogP contribution in [0.4, 0.5) is 0 Å². The molecule has 30 heavy (non-hydrogen) atoms. The van der Waals surface area contributed by atoms with E-state index in [0.717, 1.165) is 18.8 Å². The Morgan fingerprint density at radius 1 is 1.00 bits per heavy atom. The zero-order valence-corrected chi connectivity index (χ0v) is 18.9. The number of hydrogen-bond acceptors (Lipinski definition) is 2. The van der Waals surface area contributed by atoms with Crippen molar-refractivity contribution in [1.29, 1.82) is 0 Å². The van der Waals surface area contributed by atoms with Gasteiger partial charge >= 0.3 is 5.97 Å². The summed E-state index contributed by atoms with van der Waals surface area (Å²) in [6.07, 6.45) is 13.5. The number of hydrogen-bond donors (Lipinski definition) is 0. The summed E-state index contributed by atoms with van der Waals surface area (Å²) in [6.45, 7) is 7.32. The topological polar surface area (TPSA) is 26.3 Å². The molecule has 0 unspecified atom stereocenters. The Labute approximate surface area is 181 Å². The lowest BCUT2D eigenvalue weighted by Gasteiger charge is -2.54. The van der Waals surface area contributed by atoms with E-state index in [1.165, 1.54) is 44.9 Å². The van der Waals surface area contributed by atoms with Gasteiger partial charge in [-0.15, -0.1) is 0 Å². The van der Waals surface area contributed by atoms with Gasteiger partial charge < -0.3 is 4.74 Å². The lowest BCUT2D eigenvalue weighted by atomic mass is 9.51. The minimum absolute atomic E-state index is 0.0768. The zero-order valence-electron chi connectivity index (χ0n) is 18.9. The zero-order chi connectivity index (χ0) is 20.9. The molecule has 0 heterocycles. The highest BCUT2D eigenvalue weighted by Gasteiger charge is 2.53. The highest BCUT2D eigenvalue weighted by Crippen LogP contribution is 2.64. The van der Waals surface area contributed by atoms with E-state index in [9.17, 15) is 4.79 Å². The number of benzene rings is 1. The second-order valence-corrected chi connectivity index (χ2v) is 10.6. The molecule has 0 radical (unpaired) electrons. The fraction of sp³-hybridized carbons (Fsp3) is 0.607. The third-order valence-corrected chi connectivity index (χ3v) is 9.42. The predicted molar refractivity (Wildman–Crippen MR) is 121 cm³/mol. The van der Waals surface area contributed by atoms with Crippen LogP contribution >= 0.6 is 0 Å². The monoisotopic (exact) mass is 404 g/mol. The van der Waals surface area contributed by atoms with Crippen molar-refractivity contribution in [2.24, 2.45) is 22.7 Å². The number of rotatable bonds is 2. The van der Waals surface area contributed by atoms with E-state index in [0.29, 0.717) is 22.3 Å². The van der Waals surface area contributed by atoms with Crippen LogP contribution in [0.3, 0.4) is 0 Å². The average molecular weight is 405 g/mol. The quantitative estimate of drug-likeness (QED) is 0.383. The number of fused-ring (bicyclic) bond motifs is 4. The first-order chi connectivity index (χ1) is 14.5. The van der Waals surface area contributed by atoms with Gasteiger partial charge in [0.15, 0.2) is 0 Å². The fourth-order valence-corrected chi connectivity index (χ4v) is 7.65. The summed E-state index contributed by atoms with van der Waals surface area (Å²) in [6, 6.07) is 9.46. The highest BCUT2D eigenvalue weighted by molar-refractivity contribution is 5.89. The normalized spacial score (nSPS) is 39.3. The maximum Gasteiger partial charge on any atom is 0.338 e. The Morgan fingerprint density at radius 2 is 1.80 bits per heavy atom. The smallest absolute Gasteiger partial charge is 0.338 e. The number of esters is 1. The molecule has 0 aliphatic heterocycles. The first-order valence-corrected chi connectivity index (χ1v) is 12.1. The van der Waals surface area contributed by atoms with Crippen LogP contribution in [0.15, 0.2) is 53.1 Å². The summed E-state index contributed by atoms with van der Waals surface area (Å²) < 4.78 is 5.96. The summed E-state index contributed by atoms with van der Waals surface area (Å²) >= 11 is 0. The molecule has 0 saturated heterocycles. The highest BCUT2D eigenvalue weighted by atomic mass is 16.5. The minimum atomic E-state index is -0.154. The molecule has 1 aromatic carbocycles. The van der Waals surface area contributed by atoms with Crippen LogP contribution in [-0.4, -0.2) is 12.1 Å². The maximum atomic E-state index is 12.6. The van der Waals surface area contributed by atoms with Crippen LogP contribution in [0.2, 0.25) is 0 Å². The van der Waals surface area contributed by atoms with Crippen LogP contribution < -0.4 is 0 Å². The molecule has 0 spiro atoms. The Bertz CT molecular complexity index is 894. The molecule has 0 aromatic heterocycles. The van der Waals surface area contributed by atoms with Crippen molar-refractivity contribution < 1.29 is 9.53 Å². The van der Waals surface area contributed by atoms with Gasteiger partial charge in [0, 0.05) is 0 Å². The number of ether oxygens (including phenoxy) is 1. The van der Waals surface area contributed by atoms with E-state index in [1.807, 2.05) is 41.5 Å². The van der Waals surface area contributed by atoms with Crippen molar-refractivity contribution in [2.75, 3.05) is 0 Å². The number of carbonyl (C=O) groups is 1. The molecule has 5 rings (SSSR count). The fourth-order valence-electron chi connectivity index (χ4n) is 7.65. The molecule has 5 atom stereocenters. The van der Waals surface area contributed by atoms with Gasteiger partial charge in [-0.25, -0.2) is 4.79 Å². The third kappa shape index (κ3) is 3.01. The predicted octanol–water partition coefficient (Wildman–Crippen LogP) is 7.27. The van der Waals surface area contributed by atoms with Crippen LogP contribution in [0.5, 0.6) is 0 Å². The summed E-state index contributed by atoms with van der Waals surface area (Å²) in [7, 11) is 0. The molecule has 2 saturated carbocycles. The van der Waals surface area contributed by atoms with Crippen LogP contribution in [0.1, 0.15) is 88.9 Å². The van der Waals surface area contributed by atoms with Crippen LogP contribution in [0, 0.1) is 22.7 Å². The third-order valence-electron chi connectivity index (χ3n) is 9.42. The molecule has 4 aliphatic carbocycles. The van der Waals surface area contributed by atoms with Gasteiger partial charge in [-0.1, -0.05) is 54.8 Å². The van der Waals surface area contributed by atoms with E-state index in [4.69, 9.17) is 4.74 Å². The summed E-state index contributed by atoms with van der Waals surface area (Å²) in [5, 5.41) is 0. The van der Waals surface area contributed by atoms with Gasteiger partial charge in [0.25, 0.3) is 0 Å². The maximum absolute atomic E-state index is 12.6. The Balaban J connectivity index is 1.34. The van der Waals surface area contributed by atoms with Gasteiger partial charge in [0.1, 0.15) is 6.10 Å².